The number of hydrogen-bond donors (Lipinski definition) is 1. The molecule has 0 aromatic carbocycles. The van der Waals surface area contributed by atoms with E-state index in [1.54, 1.807) is 6.20 Å². The van der Waals surface area contributed by atoms with Crippen molar-refractivity contribution in [3.8, 4) is 0 Å². The van der Waals surface area contributed by atoms with Crippen molar-refractivity contribution in [2.45, 2.75) is 70.5 Å². The van der Waals surface area contributed by atoms with Gasteiger partial charge in [-0.2, -0.15) is 0 Å². The number of nitrogens with zero attached hydrogens (tertiary/aromatic N) is 3. The molecular formula is C23H36N4O. The normalized spacial score (nSPS) is 24.2. The highest BCUT2D eigenvalue weighted by Gasteiger charge is 2.32. The molecule has 2 saturated heterocycles. The molecule has 1 saturated carbocycles. The van der Waals surface area contributed by atoms with Crippen LogP contribution in [0.4, 0.5) is 0 Å². The van der Waals surface area contributed by atoms with E-state index in [0.717, 1.165) is 49.5 Å². The lowest BCUT2D eigenvalue weighted by molar-refractivity contribution is -0.126. The minimum atomic E-state index is 0.173. The van der Waals surface area contributed by atoms with Crippen LogP contribution >= 0.6 is 0 Å². The molecule has 0 spiro atoms. The van der Waals surface area contributed by atoms with Gasteiger partial charge in [-0.15, -0.1) is 0 Å². The van der Waals surface area contributed by atoms with Crippen LogP contribution in [0.15, 0.2) is 24.5 Å². The molecule has 1 N–H and O–H groups in total. The Hall–Kier alpha value is -1.46. The first-order valence-corrected chi connectivity index (χ1v) is 11.3. The highest BCUT2D eigenvalue weighted by atomic mass is 16.1. The Balaban J connectivity index is 1.15. The zero-order valence-electron chi connectivity index (χ0n) is 17.4. The summed E-state index contributed by atoms with van der Waals surface area (Å²) in [6, 6.07) is 5.41. The average molecular weight is 385 g/mol. The quantitative estimate of drug-likeness (QED) is 0.785. The number of amides is 1. The SMILES string of the molecule is C[C@H](CC1CC1)N1CCC(N2CCC(C(=O)NCc3cccnc3)CC2)CC1. The molecule has 5 nitrogen and oxygen atoms in total. The van der Waals surface area contributed by atoms with Gasteiger partial charge in [0.05, 0.1) is 0 Å². The van der Waals surface area contributed by atoms with Crippen molar-refractivity contribution >= 4 is 5.91 Å². The number of rotatable bonds is 7. The van der Waals surface area contributed by atoms with Gasteiger partial charge in [0.15, 0.2) is 0 Å². The van der Waals surface area contributed by atoms with Crippen LogP contribution in [0.5, 0.6) is 0 Å². The van der Waals surface area contributed by atoms with Gasteiger partial charge in [-0.25, -0.2) is 0 Å². The van der Waals surface area contributed by atoms with Crippen LogP contribution in [0, 0.1) is 11.8 Å². The molecule has 154 valence electrons. The van der Waals surface area contributed by atoms with Crippen LogP contribution < -0.4 is 5.32 Å². The number of nitrogens with one attached hydrogen (secondary N) is 1. The Morgan fingerprint density at radius 2 is 1.89 bits per heavy atom. The van der Waals surface area contributed by atoms with Crippen LogP contribution in [0.1, 0.15) is 57.4 Å². The number of carbonyl (C=O) groups is 1. The predicted molar refractivity (Wildman–Crippen MR) is 112 cm³/mol. The van der Waals surface area contributed by atoms with E-state index in [9.17, 15) is 4.79 Å². The van der Waals surface area contributed by atoms with E-state index >= 15 is 0 Å². The first-order valence-electron chi connectivity index (χ1n) is 11.3. The number of pyridine rings is 1. The highest BCUT2D eigenvalue weighted by molar-refractivity contribution is 5.78. The van der Waals surface area contributed by atoms with Gasteiger partial charge in [0.25, 0.3) is 0 Å². The Kier molecular flexibility index (Phi) is 6.63. The summed E-state index contributed by atoms with van der Waals surface area (Å²) in [6.07, 6.45) is 12.5. The van der Waals surface area contributed by atoms with E-state index in [1.165, 1.54) is 45.2 Å². The van der Waals surface area contributed by atoms with E-state index in [1.807, 2.05) is 18.3 Å². The largest absolute Gasteiger partial charge is 0.352 e. The van der Waals surface area contributed by atoms with Crippen LogP contribution in [0.2, 0.25) is 0 Å². The first-order chi connectivity index (χ1) is 13.7. The molecule has 1 aromatic rings. The van der Waals surface area contributed by atoms with Gasteiger partial charge >= 0.3 is 0 Å². The molecule has 4 rings (SSSR count). The van der Waals surface area contributed by atoms with Gasteiger partial charge in [0.1, 0.15) is 0 Å². The van der Waals surface area contributed by atoms with Gasteiger partial charge < -0.3 is 15.1 Å². The third-order valence-electron chi connectivity index (χ3n) is 7.10. The van der Waals surface area contributed by atoms with Crippen molar-refractivity contribution in [2.75, 3.05) is 26.2 Å². The van der Waals surface area contributed by atoms with E-state index < -0.39 is 0 Å². The summed E-state index contributed by atoms with van der Waals surface area (Å²) >= 11 is 0. The van der Waals surface area contributed by atoms with Gasteiger partial charge in [-0.05, 0) is 82.8 Å². The van der Waals surface area contributed by atoms with E-state index in [4.69, 9.17) is 0 Å². The summed E-state index contributed by atoms with van der Waals surface area (Å²) in [5, 5.41) is 3.10. The first kappa shape index (κ1) is 19.8. The number of carbonyl (C=O) groups excluding carboxylic acids is 1. The molecule has 1 aliphatic carbocycles. The van der Waals surface area contributed by atoms with Crippen LogP contribution in [-0.2, 0) is 11.3 Å². The maximum Gasteiger partial charge on any atom is 0.223 e. The minimum Gasteiger partial charge on any atom is -0.352 e. The second-order valence-corrected chi connectivity index (χ2v) is 9.18. The zero-order chi connectivity index (χ0) is 19.3. The second-order valence-electron chi connectivity index (χ2n) is 9.18. The molecule has 1 aromatic heterocycles. The fourth-order valence-electron chi connectivity index (χ4n) is 5.04. The van der Waals surface area contributed by atoms with Crippen LogP contribution in [0.25, 0.3) is 0 Å². The fourth-order valence-corrected chi connectivity index (χ4v) is 5.04. The lowest BCUT2D eigenvalue weighted by atomic mass is 9.92. The third-order valence-corrected chi connectivity index (χ3v) is 7.10. The van der Waals surface area contributed by atoms with E-state index in [-0.39, 0.29) is 11.8 Å². The molecule has 0 unspecified atom stereocenters. The molecule has 1 amide bonds. The van der Waals surface area contributed by atoms with Gasteiger partial charge in [-0.3, -0.25) is 9.78 Å². The lowest BCUT2D eigenvalue weighted by Crippen LogP contribution is -2.50. The van der Waals surface area contributed by atoms with E-state index in [0.29, 0.717) is 6.54 Å². The predicted octanol–water partition coefficient (Wildman–Crippen LogP) is 3.06. The molecule has 0 radical (unpaired) electrons. The molecule has 5 heteroatoms. The summed E-state index contributed by atoms with van der Waals surface area (Å²) in [5.41, 5.74) is 1.07. The summed E-state index contributed by atoms with van der Waals surface area (Å²) in [4.78, 5) is 22.0. The molecule has 1 atom stereocenters. The molecular weight excluding hydrogens is 348 g/mol. The molecule has 0 bridgehead atoms. The summed E-state index contributed by atoms with van der Waals surface area (Å²) in [5.74, 6) is 1.41. The Bertz CT molecular complexity index is 617. The van der Waals surface area contributed by atoms with Gasteiger partial charge in [-0.1, -0.05) is 18.9 Å². The number of hydrogen-bond acceptors (Lipinski definition) is 4. The standard InChI is InChI=1S/C23H36N4O/c1-18(15-19-4-5-19)26-13-8-22(9-14-26)27-11-6-21(7-12-27)23(28)25-17-20-3-2-10-24-16-20/h2-3,10,16,18-19,21-22H,4-9,11-15,17H2,1H3,(H,25,28)/t18-/m1/s1. The summed E-state index contributed by atoms with van der Waals surface area (Å²) < 4.78 is 0. The van der Waals surface area contributed by atoms with Crippen molar-refractivity contribution < 1.29 is 4.79 Å². The smallest absolute Gasteiger partial charge is 0.223 e. The van der Waals surface area contributed by atoms with Crippen molar-refractivity contribution in [3.05, 3.63) is 30.1 Å². The second kappa shape index (κ2) is 9.36. The number of likely N-dealkylation sites (tertiary alicyclic amines) is 2. The van der Waals surface area contributed by atoms with Crippen molar-refractivity contribution in [3.63, 3.8) is 0 Å². The molecule has 2 aliphatic heterocycles. The summed E-state index contributed by atoms with van der Waals surface area (Å²) in [6.45, 7) is 7.67. The average Bonchev–Trinajstić information content (AvgIpc) is 3.57. The van der Waals surface area contributed by atoms with Crippen LogP contribution in [-0.4, -0.2) is 59.0 Å². The van der Waals surface area contributed by atoms with Crippen molar-refractivity contribution in [1.29, 1.82) is 0 Å². The molecule has 3 aliphatic rings. The van der Waals surface area contributed by atoms with Gasteiger partial charge in [0, 0.05) is 36.9 Å². The third kappa shape index (κ3) is 5.32. The number of piperidine rings is 2. The fraction of sp³-hybridized carbons (Fsp3) is 0.739. The Morgan fingerprint density at radius 3 is 2.54 bits per heavy atom. The lowest BCUT2D eigenvalue weighted by Gasteiger charge is -2.43. The highest BCUT2D eigenvalue weighted by Crippen LogP contribution is 2.35. The topological polar surface area (TPSA) is 48.5 Å². The van der Waals surface area contributed by atoms with Crippen molar-refractivity contribution in [1.82, 2.24) is 20.1 Å². The van der Waals surface area contributed by atoms with Gasteiger partial charge in [0.2, 0.25) is 5.91 Å². The summed E-state index contributed by atoms with van der Waals surface area (Å²) in [7, 11) is 0. The molecule has 28 heavy (non-hydrogen) atoms. The molecule has 3 fully saturated rings. The minimum absolute atomic E-state index is 0.173. The monoisotopic (exact) mass is 384 g/mol. The Morgan fingerprint density at radius 1 is 1.14 bits per heavy atom. The maximum atomic E-state index is 12.5. The zero-order valence-corrected chi connectivity index (χ0v) is 17.4. The molecule has 3 heterocycles. The van der Waals surface area contributed by atoms with Crippen molar-refractivity contribution in [2.24, 2.45) is 11.8 Å². The number of aromatic nitrogens is 1. The van der Waals surface area contributed by atoms with E-state index in [2.05, 4.69) is 27.0 Å². The Labute approximate surface area is 169 Å². The van der Waals surface area contributed by atoms with Crippen LogP contribution in [0.3, 0.4) is 0 Å². The maximum absolute atomic E-state index is 12.5.